The van der Waals surface area contributed by atoms with Crippen LogP contribution in [0.3, 0.4) is 0 Å². The lowest BCUT2D eigenvalue weighted by Gasteiger charge is -2.09. The topological polar surface area (TPSA) is 84.5 Å². The Kier molecular flexibility index (Phi) is 6.37. The summed E-state index contributed by atoms with van der Waals surface area (Å²) in [4.78, 5) is 36.5. The van der Waals surface area contributed by atoms with Gasteiger partial charge < -0.3 is 15.4 Å². The molecule has 0 aliphatic heterocycles. The van der Waals surface area contributed by atoms with Crippen molar-refractivity contribution in [3.05, 3.63) is 95.6 Å². The molecule has 3 rings (SSSR count). The molecule has 0 fully saturated rings. The zero-order chi connectivity index (χ0) is 20.6. The molecule has 0 unspecified atom stereocenters. The first-order valence-electron chi connectivity index (χ1n) is 9.12. The van der Waals surface area contributed by atoms with Gasteiger partial charge in [0.1, 0.15) is 0 Å². The maximum Gasteiger partial charge on any atom is 0.338 e. The maximum absolute atomic E-state index is 12.5. The first-order chi connectivity index (χ1) is 14.1. The number of esters is 1. The number of hydrogen-bond donors (Lipinski definition) is 2. The van der Waals surface area contributed by atoms with Gasteiger partial charge in [-0.2, -0.15) is 0 Å². The Hall–Kier alpha value is -3.93. The van der Waals surface area contributed by atoms with Crippen molar-refractivity contribution >= 4 is 29.2 Å². The van der Waals surface area contributed by atoms with Gasteiger partial charge >= 0.3 is 5.97 Å². The molecule has 3 aromatic rings. The molecule has 0 spiro atoms. The fraction of sp³-hybridized carbons (Fsp3) is 0.0870. The molecule has 29 heavy (non-hydrogen) atoms. The predicted octanol–water partition coefficient (Wildman–Crippen LogP) is 4.37. The minimum atomic E-state index is -0.442. The third-order valence-electron chi connectivity index (χ3n) is 4.07. The Labute approximate surface area is 168 Å². The van der Waals surface area contributed by atoms with Gasteiger partial charge in [-0.25, -0.2) is 4.79 Å². The number of ether oxygens (including phenoxy) is 1. The second-order valence-corrected chi connectivity index (χ2v) is 6.15. The van der Waals surface area contributed by atoms with E-state index in [1.807, 2.05) is 6.07 Å². The van der Waals surface area contributed by atoms with E-state index in [4.69, 9.17) is 4.74 Å². The second-order valence-electron chi connectivity index (χ2n) is 6.15. The third kappa shape index (κ3) is 5.29. The van der Waals surface area contributed by atoms with Crippen molar-refractivity contribution in [1.29, 1.82) is 0 Å². The predicted molar refractivity (Wildman–Crippen MR) is 111 cm³/mol. The van der Waals surface area contributed by atoms with Gasteiger partial charge in [-0.1, -0.05) is 24.3 Å². The van der Waals surface area contributed by atoms with Crippen LogP contribution >= 0.6 is 0 Å². The van der Waals surface area contributed by atoms with Crippen LogP contribution in [0.4, 0.5) is 11.4 Å². The number of carbonyl (C=O) groups is 3. The monoisotopic (exact) mass is 388 g/mol. The van der Waals surface area contributed by atoms with Gasteiger partial charge in [-0.05, 0) is 61.5 Å². The van der Waals surface area contributed by atoms with Crippen molar-refractivity contribution in [3.63, 3.8) is 0 Å². The molecule has 0 heterocycles. The molecular weight excluding hydrogens is 368 g/mol. The molecule has 0 radical (unpaired) electrons. The van der Waals surface area contributed by atoms with Crippen molar-refractivity contribution < 1.29 is 19.1 Å². The number of hydrogen-bond acceptors (Lipinski definition) is 4. The Morgan fingerprint density at radius 2 is 1.28 bits per heavy atom. The fourth-order valence-corrected chi connectivity index (χ4v) is 2.64. The largest absolute Gasteiger partial charge is 0.462 e. The van der Waals surface area contributed by atoms with Crippen LogP contribution in [0, 0.1) is 0 Å². The molecule has 0 aliphatic carbocycles. The van der Waals surface area contributed by atoms with Crippen LogP contribution in [0.2, 0.25) is 0 Å². The minimum absolute atomic E-state index is 0.224. The molecule has 2 amide bonds. The quantitative estimate of drug-likeness (QED) is 0.614. The van der Waals surface area contributed by atoms with Crippen molar-refractivity contribution in [2.24, 2.45) is 0 Å². The van der Waals surface area contributed by atoms with Gasteiger partial charge in [0.15, 0.2) is 0 Å². The summed E-state index contributed by atoms with van der Waals surface area (Å²) in [6.45, 7) is 2.01. The van der Waals surface area contributed by atoms with Crippen molar-refractivity contribution in [1.82, 2.24) is 0 Å². The van der Waals surface area contributed by atoms with E-state index in [0.717, 1.165) is 0 Å². The highest BCUT2D eigenvalue weighted by atomic mass is 16.5. The van der Waals surface area contributed by atoms with Gasteiger partial charge in [0.05, 0.1) is 12.2 Å². The Bertz CT molecular complexity index is 1010. The maximum atomic E-state index is 12.5. The standard InChI is InChI=1S/C23H20N2O4/c1-2-29-23(28)18-9-6-10-20(15-18)25-22(27)17-11-13-19(14-12-17)24-21(26)16-7-4-3-5-8-16/h3-15H,2H2,1H3,(H,24,26)(H,25,27). The summed E-state index contributed by atoms with van der Waals surface area (Å²) in [5.41, 5.74) is 2.41. The first-order valence-corrected chi connectivity index (χ1v) is 9.12. The lowest BCUT2D eigenvalue weighted by Crippen LogP contribution is -2.14. The molecule has 0 bridgehead atoms. The van der Waals surface area contributed by atoms with E-state index in [-0.39, 0.29) is 18.4 Å². The van der Waals surface area contributed by atoms with Crippen LogP contribution < -0.4 is 10.6 Å². The van der Waals surface area contributed by atoms with E-state index >= 15 is 0 Å². The average molecular weight is 388 g/mol. The van der Waals surface area contributed by atoms with Crippen LogP contribution in [0.1, 0.15) is 38.0 Å². The van der Waals surface area contributed by atoms with Crippen molar-refractivity contribution in [2.75, 3.05) is 17.2 Å². The molecule has 0 aliphatic rings. The molecule has 146 valence electrons. The summed E-state index contributed by atoms with van der Waals surface area (Å²) in [7, 11) is 0. The van der Waals surface area contributed by atoms with Crippen LogP contribution in [-0.4, -0.2) is 24.4 Å². The third-order valence-corrected chi connectivity index (χ3v) is 4.07. The van der Waals surface area contributed by atoms with E-state index < -0.39 is 5.97 Å². The Morgan fingerprint density at radius 3 is 1.93 bits per heavy atom. The van der Waals surface area contributed by atoms with Gasteiger partial charge in [-0.15, -0.1) is 0 Å². The van der Waals surface area contributed by atoms with E-state index in [1.54, 1.807) is 79.7 Å². The highest BCUT2D eigenvalue weighted by Gasteiger charge is 2.11. The number of amides is 2. The highest BCUT2D eigenvalue weighted by Crippen LogP contribution is 2.15. The Balaban J connectivity index is 1.64. The molecule has 0 saturated carbocycles. The van der Waals surface area contributed by atoms with Gasteiger partial charge in [0.2, 0.25) is 0 Å². The summed E-state index contributed by atoms with van der Waals surface area (Å²) in [6.07, 6.45) is 0. The minimum Gasteiger partial charge on any atom is -0.462 e. The SMILES string of the molecule is CCOC(=O)c1cccc(NC(=O)c2ccc(NC(=O)c3ccccc3)cc2)c1. The molecule has 0 saturated heterocycles. The molecule has 3 aromatic carbocycles. The zero-order valence-electron chi connectivity index (χ0n) is 15.8. The lowest BCUT2D eigenvalue weighted by molar-refractivity contribution is 0.0526. The molecule has 2 N–H and O–H groups in total. The zero-order valence-corrected chi connectivity index (χ0v) is 15.8. The van der Waals surface area contributed by atoms with Crippen molar-refractivity contribution in [3.8, 4) is 0 Å². The summed E-state index contributed by atoms with van der Waals surface area (Å²) in [6, 6.07) is 22.0. The first kappa shape index (κ1) is 19.8. The van der Waals surface area contributed by atoms with Gasteiger partial charge in [0, 0.05) is 22.5 Å². The van der Waals surface area contributed by atoms with Crippen molar-refractivity contribution in [2.45, 2.75) is 6.92 Å². The molecule has 0 atom stereocenters. The van der Waals surface area contributed by atoms with Crippen LogP contribution in [-0.2, 0) is 4.74 Å². The van der Waals surface area contributed by atoms with E-state index in [9.17, 15) is 14.4 Å². The summed E-state index contributed by atoms with van der Waals surface area (Å²) >= 11 is 0. The smallest absolute Gasteiger partial charge is 0.338 e. The van der Waals surface area contributed by atoms with E-state index in [1.165, 1.54) is 0 Å². The normalized spacial score (nSPS) is 10.1. The fourth-order valence-electron chi connectivity index (χ4n) is 2.64. The summed E-state index contributed by atoms with van der Waals surface area (Å²) in [5.74, 6) is -0.993. The Morgan fingerprint density at radius 1 is 0.690 bits per heavy atom. The van der Waals surface area contributed by atoms with Gasteiger partial charge in [0.25, 0.3) is 11.8 Å². The number of benzene rings is 3. The van der Waals surface area contributed by atoms with Crippen LogP contribution in [0.25, 0.3) is 0 Å². The van der Waals surface area contributed by atoms with Gasteiger partial charge in [-0.3, -0.25) is 9.59 Å². The van der Waals surface area contributed by atoms with E-state index in [2.05, 4.69) is 10.6 Å². The average Bonchev–Trinajstić information content (AvgIpc) is 2.75. The molecule has 0 aromatic heterocycles. The number of rotatable bonds is 6. The summed E-state index contributed by atoms with van der Waals surface area (Å²) < 4.78 is 4.96. The molecular formula is C23H20N2O4. The highest BCUT2D eigenvalue weighted by molar-refractivity contribution is 6.06. The van der Waals surface area contributed by atoms with Crippen LogP contribution in [0.5, 0.6) is 0 Å². The summed E-state index contributed by atoms with van der Waals surface area (Å²) in [5, 5.41) is 5.53. The van der Waals surface area contributed by atoms with Crippen LogP contribution in [0.15, 0.2) is 78.9 Å². The second kappa shape index (κ2) is 9.32. The molecule has 6 heteroatoms. The number of nitrogens with one attached hydrogen (secondary N) is 2. The number of carbonyl (C=O) groups excluding carboxylic acids is 3. The number of anilines is 2. The van der Waals surface area contributed by atoms with E-state index in [0.29, 0.717) is 28.1 Å². The lowest BCUT2D eigenvalue weighted by atomic mass is 10.1. The molecule has 6 nitrogen and oxygen atoms in total.